The average Bonchev–Trinajstić information content (AvgIpc) is 2.74. The molecule has 0 amide bonds. The second-order valence-electron chi connectivity index (χ2n) is 8.11. The number of rotatable bonds is 4. The summed E-state index contributed by atoms with van der Waals surface area (Å²) in [6.45, 7) is 2.23. The van der Waals surface area contributed by atoms with Gasteiger partial charge in [0, 0.05) is 13.2 Å². The van der Waals surface area contributed by atoms with E-state index in [1.807, 2.05) is 7.11 Å². The molecule has 0 heterocycles. The van der Waals surface area contributed by atoms with E-state index in [-0.39, 0.29) is 5.60 Å². The first kappa shape index (κ1) is 18.9. The normalized spacial score (nSPS) is 21.5. The van der Waals surface area contributed by atoms with Crippen molar-refractivity contribution in [1.29, 1.82) is 0 Å². The molecule has 0 N–H and O–H groups in total. The maximum Gasteiger partial charge on any atom is 0.106 e. The Hall–Kier alpha value is -2.42. The molecule has 1 aliphatic carbocycles. The molecule has 0 bridgehead atoms. The van der Waals surface area contributed by atoms with E-state index in [0.29, 0.717) is 6.04 Å². The summed E-state index contributed by atoms with van der Waals surface area (Å²) in [5.41, 5.74) is 7.54. The Labute approximate surface area is 168 Å². The van der Waals surface area contributed by atoms with Gasteiger partial charge in [-0.05, 0) is 67.2 Å². The molecular formula is C26H29NO. The van der Waals surface area contributed by atoms with Crippen molar-refractivity contribution in [2.24, 2.45) is 0 Å². The first-order valence-corrected chi connectivity index (χ1v) is 10.0. The molecule has 28 heavy (non-hydrogen) atoms. The number of hydrogen-bond donors (Lipinski definition) is 0. The zero-order valence-corrected chi connectivity index (χ0v) is 17.3. The van der Waals surface area contributed by atoms with Crippen molar-refractivity contribution in [3.05, 3.63) is 83.9 Å². The van der Waals surface area contributed by atoms with Gasteiger partial charge >= 0.3 is 0 Å². The van der Waals surface area contributed by atoms with Gasteiger partial charge in [0.1, 0.15) is 5.60 Å². The number of aryl methyl sites for hydroxylation is 1. The number of ether oxygens (including phenoxy) is 1. The highest BCUT2D eigenvalue weighted by Gasteiger charge is 2.41. The predicted octanol–water partition coefficient (Wildman–Crippen LogP) is 5.76. The summed E-state index contributed by atoms with van der Waals surface area (Å²) in [4.78, 5) is 2.30. The topological polar surface area (TPSA) is 12.5 Å². The van der Waals surface area contributed by atoms with Crippen LogP contribution in [0.15, 0.2) is 72.8 Å². The number of nitrogens with zero attached hydrogens (tertiary/aromatic N) is 1. The van der Waals surface area contributed by atoms with Gasteiger partial charge < -0.3 is 9.64 Å². The number of methoxy groups -OCH3 is 1. The highest BCUT2D eigenvalue weighted by atomic mass is 16.5. The molecule has 2 heteroatoms. The molecule has 0 saturated carbocycles. The van der Waals surface area contributed by atoms with Crippen LogP contribution in [-0.2, 0) is 16.8 Å². The van der Waals surface area contributed by atoms with E-state index in [4.69, 9.17) is 4.74 Å². The van der Waals surface area contributed by atoms with Gasteiger partial charge in [-0.2, -0.15) is 0 Å². The van der Waals surface area contributed by atoms with Gasteiger partial charge in [-0.1, -0.05) is 72.8 Å². The molecule has 2 nitrogen and oxygen atoms in total. The second kappa shape index (κ2) is 7.54. The zero-order chi connectivity index (χ0) is 19.7. The molecule has 0 radical (unpaired) electrons. The number of hydrogen-bond acceptors (Lipinski definition) is 2. The van der Waals surface area contributed by atoms with Crippen LogP contribution >= 0.6 is 0 Å². The van der Waals surface area contributed by atoms with Crippen molar-refractivity contribution >= 4 is 0 Å². The van der Waals surface area contributed by atoms with Gasteiger partial charge in [-0.15, -0.1) is 0 Å². The van der Waals surface area contributed by atoms with Crippen LogP contribution < -0.4 is 0 Å². The Bertz CT molecular complexity index is 963. The third kappa shape index (κ3) is 3.17. The van der Waals surface area contributed by atoms with Crippen LogP contribution in [0.1, 0.15) is 24.5 Å². The molecule has 0 spiro atoms. The number of benzene rings is 3. The minimum atomic E-state index is -0.283. The zero-order valence-electron chi connectivity index (χ0n) is 17.3. The Kier molecular flexibility index (Phi) is 5.09. The molecule has 2 unspecified atom stereocenters. The molecule has 3 aromatic rings. The smallest absolute Gasteiger partial charge is 0.106 e. The molecule has 4 rings (SSSR count). The molecule has 0 aliphatic heterocycles. The van der Waals surface area contributed by atoms with Crippen LogP contribution in [-0.4, -0.2) is 32.1 Å². The maximum atomic E-state index is 6.08. The lowest BCUT2D eigenvalue weighted by Gasteiger charge is -2.45. The van der Waals surface area contributed by atoms with E-state index < -0.39 is 0 Å². The minimum Gasteiger partial charge on any atom is -0.372 e. The van der Waals surface area contributed by atoms with Gasteiger partial charge in [-0.25, -0.2) is 0 Å². The summed E-state index contributed by atoms with van der Waals surface area (Å²) in [6, 6.07) is 26.6. The van der Waals surface area contributed by atoms with Gasteiger partial charge in [-0.3, -0.25) is 0 Å². The summed E-state index contributed by atoms with van der Waals surface area (Å²) in [5.74, 6) is 0. The van der Waals surface area contributed by atoms with E-state index in [1.54, 1.807) is 0 Å². The van der Waals surface area contributed by atoms with Crippen molar-refractivity contribution in [1.82, 2.24) is 4.90 Å². The summed E-state index contributed by atoms with van der Waals surface area (Å²) in [7, 11) is 6.14. The average molecular weight is 372 g/mol. The van der Waals surface area contributed by atoms with Crippen molar-refractivity contribution in [3.63, 3.8) is 0 Å². The second-order valence-corrected chi connectivity index (χ2v) is 8.11. The third-order valence-electron chi connectivity index (χ3n) is 6.33. The lowest BCUT2D eigenvalue weighted by atomic mass is 9.75. The predicted molar refractivity (Wildman–Crippen MR) is 117 cm³/mol. The van der Waals surface area contributed by atoms with Crippen LogP contribution in [0, 0.1) is 0 Å². The third-order valence-corrected chi connectivity index (χ3v) is 6.33. The van der Waals surface area contributed by atoms with Gasteiger partial charge in [0.15, 0.2) is 0 Å². The summed E-state index contributed by atoms with van der Waals surface area (Å²) in [5, 5.41) is 0. The Morgan fingerprint density at radius 1 is 0.857 bits per heavy atom. The van der Waals surface area contributed by atoms with E-state index in [1.165, 1.54) is 33.4 Å². The highest BCUT2D eigenvalue weighted by Crippen LogP contribution is 2.42. The lowest BCUT2D eigenvalue weighted by molar-refractivity contribution is -0.0686. The molecule has 0 aromatic heterocycles. The maximum absolute atomic E-state index is 6.08. The van der Waals surface area contributed by atoms with Crippen LogP contribution in [0.25, 0.3) is 22.3 Å². The van der Waals surface area contributed by atoms with E-state index in [0.717, 1.165) is 12.8 Å². The first-order chi connectivity index (χ1) is 13.5. The Morgan fingerprint density at radius 2 is 1.50 bits per heavy atom. The van der Waals surface area contributed by atoms with Crippen molar-refractivity contribution in [2.45, 2.75) is 31.4 Å². The number of fused-ring (bicyclic) bond motifs is 1. The Morgan fingerprint density at radius 3 is 2.14 bits per heavy atom. The van der Waals surface area contributed by atoms with Gasteiger partial charge in [0.2, 0.25) is 0 Å². The van der Waals surface area contributed by atoms with E-state index in [9.17, 15) is 0 Å². The van der Waals surface area contributed by atoms with Crippen LogP contribution in [0.2, 0.25) is 0 Å². The molecule has 0 saturated heterocycles. The molecule has 1 aliphatic rings. The first-order valence-electron chi connectivity index (χ1n) is 10.0. The summed E-state index contributed by atoms with van der Waals surface area (Å²) < 4.78 is 6.08. The van der Waals surface area contributed by atoms with Crippen LogP contribution in [0.4, 0.5) is 0 Å². The molecule has 0 fully saturated rings. The van der Waals surface area contributed by atoms with E-state index >= 15 is 0 Å². The summed E-state index contributed by atoms with van der Waals surface area (Å²) >= 11 is 0. The molecule has 2 atom stereocenters. The monoisotopic (exact) mass is 371 g/mol. The Balaban J connectivity index is 1.80. The molecule has 3 aromatic carbocycles. The van der Waals surface area contributed by atoms with Gasteiger partial charge in [0.25, 0.3) is 0 Å². The lowest BCUT2D eigenvalue weighted by Crippen LogP contribution is -2.50. The van der Waals surface area contributed by atoms with Crippen LogP contribution in [0.3, 0.4) is 0 Å². The fraction of sp³-hybridized carbons (Fsp3) is 0.308. The molecular weight excluding hydrogens is 342 g/mol. The van der Waals surface area contributed by atoms with Crippen molar-refractivity contribution in [3.8, 4) is 22.3 Å². The largest absolute Gasteiger partial charge is 0.372 e. The SMILES string of the molecule is COC1(C)c2ccc(-c3ccccc3-c3ccccc3)cc2CCC1N(C)C. The fourth-order valence-corrected chi connectivity index (χ4v) is 4.80. The standard InChI is InChI=1S/C26H29NO/c1-26(28-4)24-16-14-20(18-21(24)15-17-25(26)27(2)3)23-13-9-8-12-22(23)19-10-6-5-7-11-19/h5-14,16,18,25H,15,17H2,1-4H3. The van der Waals surface area contributed by atoms with Crippen molar-refractivity contribution < 1.29 is 4.74 Å². The number of likely N-dealkylation sites (N-methyl/N-ethyl adjacent to an activating group) is 1. The molecule has 144 valence electrons. The van der Waals surface area contributed by atoms with E-state index in [2.05, 4.69) is 98.7 Å². The minimum absolute atomic E-state index is 0.283. The summed E-state index contributed by atoms with van der Waals surface area (Å²) in [6.07, 6.45) is 2.19. The van der Waals surface area contributed by atoms with Gasteiger partial charge in [0.05, 0.1) is 0 Å². The van der Waals surface area contributed by atoms with Crippen LogP contribution in [0.5, 0.6) is 0 Å². The van der Waals surface area contributed by atoms with Crippen molar-refractivity contribution in [2.75, 3.05) is 21.2 Å². The highest BCUT2D eigenvalue weighted by molar-refractivity contribution is 5.83. The quantitative estimate of drug-likeness (QED) is 0.578. The fourth-order valence-electron chi connectivity index (χ4n) is 4.80.